The Morgan fingerprint density at radius 3 is 3.00 bits per heavy atom. The molecule has 0 spiro atoms. The van der Waals surface area contributed by atoms with Crippen LogP contribution in [0.15, 0.2) is 24.3 Å². The van der Waals surface area contributed by atoms with Gasteiger partial charge in [0.1, 0.15) is 0 Å². The summed E-state index contributed by atoms with van der Waals surface area (Å²) in [6.07, 6.45) is 1.15. The first kappa shape index (κ1) is 14.1. The molecule has 0 aliphatic carbocycles. The van der Waals surface area contributed by atoms with Crippen LogP contribution in [0.2, 0.25) is 0 Å². The molecule has 1 rings (SSSR count). The van der Waals surface area contributed by atoms with E-state index in [1.54, 1.807) is 18.2 Å². The van der Waals surface area contributed by atoms with Gasteiger partial charge in [0, 0.05) is 6.54 Å². The minimum atomic E-state index is -0.869. The summed E-state index contributed by atoms with van der Waals surface area (Å²) in [6, 6.07) is 7.06. The summed E-state index contributed by atoms with van der Waals surface area (Å²) < 4.78 is 0. The van der Waals surface area contributed by atoms with Gasteiger partial charge in [-0.1, -0.05) is 19.1 Å². The quantitative estimate of drug-likeness (QED) is 0.699. The van der Waals surface area contributed by atoms with Crippen LogP contribution in [0.5, 0.6) is 0 Å². The number of carboxylic acid groups (broad SMARTS) is 1. The number of rotatable bonds is 8. The topological polar surface area (TPSA) is 49.3 Å². The van der Waals surface area contributed by atoms with Crippen LogP contribution in [0.25, 0.3) is 0 Å². The Labute approximate surface area is 107 Å². The molecule has 94 valence electrons. The van der Waals surface area contributed by atoms with E-state index in [1.807, 2.05) is 17.8 Å². The molecule has 0 aromatic heterocycles. The molecular formula is C13H19NO2S. The molecule has 0 aliphatic heterocycles. The number of nitrogens with one attached hydrogen (secondary N) is 1. The number of carboxylic acids is 1. The summed E-state index contributed by atoms with van der Waals surface area (Å²) in [6.45, 7) is 3.87. The maximum Gasteiger partial charge on any atom is 0.335 e. The summed E-state index contributed by atoms with van der Waals surface area (Å²) >= 11 is 1.94. The number of thioether (sulfide) groups is 1. The minimum absolute atomic E-state index is 0.353. The molecule has 2 N–H and O–H groups in total. The molecule has 3 nitrogen and oxygen atoms in total. The third kappa shape index (κ3) is 5.75. The average Bonchev–Trinajstić information content (AvgIpc) is 2.34. The molecule has 0 atom stereocenters. The molecule has 0 amide bonds. The van der Waals surface area contributed by atoms with Gasteiger partial charge in [0.25, 0.3) is 0 Å². The van der Waals surface area contributed by atoms with Crippen LogP contribution >= 0.6 is 11.8 Å². The predicted molar refractivity (Wildman–Crippen MR) is 72.7 cm³/mol. The molecule has 0 radical (unpaired) electrons. The first-order valence-electron chi connectivity index (χ1n) is 5.84. The number of aromatic carboxylic acids is 1. The van der Waals surface area contributed by atoms with Crippen molar-refractivity contribution in [3.8, 4) is 0 Å². The van der Waals surface area contributed by atoms with Crippen LogP contribution in [-0.2, 0) is 6.54 Å². The van der Waals surface area contributed by atoms with Crippen molar-refractivity contribution in [3.05, 3.63) is 35.4 Å². The third-order valence-corrected chi connectivity index (χ3v) is 3.34. The van der Waals surface area contributed by atoms with E-state index < -0.39 is 5.97 Å². The third-order valence-electron chi connectivity index (χ3n) is 2.35. The van der Waals surface area contributed by atoms with Gasteiger partial charge in [-0.2, -0.15) is 11.8 Å². The Bertz CT molecular complexity index is 355. The number of hydrogen-bond donors (Lipinski definition) is 2. The summed E-state index contributed by atoms with van der Waals surface area (Å²) in [4.78, 5) is 10.8. The van der Waals surface area contributed by atoms with Crippen LogP contribution in [-0.4, -0.2) is 29.1 Å². The van der Waals surface area contributed by atoms with Gasteiger partial charge in [0.2, 0.25) is 0 Å². The number of hydrogen-bond acceptors (Lipinski definition) is 3. The van der Waals surface area contributed by atoms with E-state index in [9.17, 15) is 4.79 Å². The largest absolute Gasteiger partial charge is 0.478 e. The van der Waals surface area contributed by atoms with E-state index in [0.717, 1.165) is 25.1 Å². The monoisotopic (exact) mass is 253 g/mol. The molecule has 0 fully saturated rings. The van der Waals surface area contributed by atoms with Crippen molar-refractivity contribution >= 4 is 17.7 Å². The van der Waals surface area contributed by atoms with Crippen molar-refractivity contribution < 1.29 is 9.90 Å². The van der Waals surface area contributed by atoms with Gasteiger partial charge in [0.05, 0.1) is 5.56 Å². The molecular weight excluding hydrogens is 234 g/mol. The van der Waals surface area contributed by atoms with Crippen molar-refractivity contribution in [1.29, 1.82) is 0 Å². The Balaban J connectivity index is 2.27. The van der Waals surface area contributed by atoms with E-state index >= 15 is 0 Å². The summed E-state index contributed by atoms with van der Waals surface area (Å²) in [5, 5.41) is 12.2. The highest BCUT2D eigenvalue weighted by atomic mass is 32.2. The van der Waals surface area contributed by atoms with Crippen LogP contribution in [0.3, 0.4) is 0 Å². The first-order chi connectivity index (χ1) is 8.24. The molecule has 0 bridgehead atoms. The van der Waals surface area contributed by atoms with Crippen molar-refractivity contribution in [1.82, 2.24) is 5.32 Å². The van der Waals surface area contributed by atoms with Gasteiger partial charge in [-0.25, -0.2) is 4.79 Å². The van der Waals surface area contributed by atoms with Crippen molar-refractivity contribution in [2.24, 2.45) is 0 Å². The van der Waals surface area contributed by atoms with Crippen LogP contribution in [0.1, 0.15) is 29.3 Å². The van der Waals surface area contributed by atoms with Crippen LogP contribution in [0.4, 0.5) is 0 Å². The molecule has 0 aliphatic rings. The molecule has 0 saturated heterocycles. The second-order valence-electron chi connectivity index (χ2n) is 3.73. The van der Waals surface area contributed by atoms with Crippen molar-refractivity contribution in [3.63, 3.8) is 0 Å². The van der Waals surface area contributed by atoms with Gasteiger partial charge in [-0.3, -0.25) is 0 Å². The van der Waals surface area contributed by atoms with Crippen LogP contribution < -0.4 is 5.32 Å². The fourth-order valence-corrected chi connectivity index (χ4v) is 2.13. The summed E-state index contributed by atoms with van der Waals surface area (Å²) in [5.41, 5.74) is 1.37. The normalized spacial score (nSPS) is 10.4. The Morgan fingerprint density at radius 2 is 2.29 bits per heavy atom. The smallest absolute Gasteiger partial charge is 0.335 e. The zero-order chi connectivity index (χ0) is 12.5. The lowest BCUT2D eigenvalue weighted by Crippen LogP contribution is -2.15. The van der Waals surface area contributed by atoms with E-state index in [2.05, 4.69) is 12.2 Å². The van der Waals surface area contributed by atoms with Crippen LogP contribution in [0, 0.1) is 0 Å². The fourth-order valence-electron chi connectivity index (χ4n) is 1.49. The molecule has 0 unspecified atom stereocenters. The maximum atomic E-state index is 10.8. The first-order valence-corrected chi connectivity index (χ1v) is 7.00. The number of carbonyl (C=O) groups is 1. The molecule has 17 heavy (non-hydrogen) atoms. The lowest BCUT2D eigenvalue weighted by Gasteiger charge is -2.05. The summed E-state index contributed by atoms with van der Waals surface area (Å²) in [5.74, 6) is 1.48. The molecule has 1 aromatic carbocycles. The van der Waals surface area contributed by atoms with E-state index in [4.69, 9.17) is 5.11 Å². The maximum absolute atomic E-state index is 10.8. The van der Waals surface area contributed by atoms with Gasteiger partial charge in [-0.05, 0) is 42.2 Å². The highest BCUT2D eigenvalue weighted by Gasteiger charge is 2.02. The predicted octanol–water partition coefficient (Wildman–Crippen LogP) is 2.62. The molecule has 1 aromatic rings. The zero-order valence-corrected chi connectivity index (χ0v) is 10.9. The van der Waals surface area contributed by atoms with E-state index in [1.165, 1.54) is 11.5 Å². The second kappa shape index (κ2) is 8.14. The van der Waals surface area contributed by atoms with E-state index in [0.29, 0.717) is 5.56 Å². The number of benzene rings is 1. The lowest BCUT2D eigenvalue weighted by molar-refractivity contribution is 0.0696. The average molecular weight is 253 g/mol. The second-order valence-corrected chi connectivity index (χ2v) is 5.13. The van der Waals surface area contributed by atoms with E-state index in [-0.39, 0.29) is 0 Å². The Hall–Kier alpha value is -1.00. The molecule has 0 heterocycles. The van der Waals surface area contributed by atoms with Gasteiger partial charge in [0.15, 0.2) is 0 Å². The lowest BCUT2D eigenvalue weighted by atomic mass is 10.1. The SMILES string of the molecule is CCSCCCNCc1cccc(C(=O)O)c1. The highest BCUT2D eigenvalue weighted by Crippen LogP contribution is 2.05. The Kier molecular flexibility index (Phi) is 6.74. The van der Waals surface area contributed by atoms with Gasteiger partial charge >= 0.3 is 5.97 Å². The molecule has 4 heteroatoms. The minimum Gasteiger partial charge on any atom is -0.478 e. The van der Waals surface area contributed by atoms with Gasteiger partial charge in [-0.15, -0.1) is 0 Å². The fraction of sp³-hybridized carbons (Fsp3) is 0.462. The summed E-state index contributed by atoms with van der Waals surface area (Å²) in [7, 11) is 0. The highest BCUT2D eigenvalue weighted by molar-refractivity contribution is 7.99. The standard InChI is InChI=1S/C13H19NO2S/c1-2-17-8-4-7-14-10-11-5-3-6-12(9-11)13(15)16/h3,5-6,9,14H,2,4,7-8,10H2,1H3,(H,15,16). The zero-order valence-electron chi connectivity index (χ0n) is 10.1. The van der Waals surface area contributed by atoms with Gasteiger partial charge < -0.3 is 10.4 Å². The van der Waals surface area contributed by atoms with Crippen molar-refractivity contribution in [2.45, 2.75) is 19.9 Å². The van der Waals surface area contributed by atoms with Crippen molar-refractivity contribution in [2.75, 3.05) is 18.1 Å². The Morgan fingerprint density at radius 1 is 1.47 bits per heavy atom. The molecule has 0 saturated carbocycles.